The van der Waals surface area contributed by atoms with Gasteiger partial charge in [-0.2, -0.15) is 0 Å². The largest absolute Gasteiger partial charge is 0.478 e. The molecule has 0 aliphatic rings. The molecule has 0 heterocycles. The van der Waals surface area contributed by atoms with Crippen molar-refractivity contribution in [2.75, 3.05) is 5.32 Å². The van der Waals surface area contributed by atoms with Crippen molar-refractivity contribution in [1.82, 2.24) is 5.32 Å². The third-order valence-electron chi connectivity index (χ3n) is 3.13. The summed E-state index contributed by atoms with van der Waals surface area (Å²) >= 11 is 3.24. The zero-order valence-corrected chi connectivity index (χ0v) is 13.5. The molecule has 5 nitrogen and oxygen atoms in total. The van der Waals surface area contributed by atoms with Crippen molar-refractivity contribution < 1.29 is 14.7 Å². The Kier molecular flexibility index (Phi) is 5.16. The number of halogens is 1. The lowest BCUT2D eigenvalue weighted by atomic mass is 9.88. The lowest BCUT2D eigenvalue weighted by Gasteiger charge is -2.28. The number of amides is 2. The van der Waals surface area contributed by atoms with Crippen LogP contribution in [-0.4, -0.2) is 23.1 Å². The van der Waals surface area contributed by atoms with Crippen LogP contribution in [0.4, 0.5) is 10.5 Å². The molecule has 1 unspecified atom stereocenters. The smallest absolute Gasteiger partial charge is 0.337 e. The number of carboxylic acids is 1. The second-order valence-corrected chi connectivity index (χ2v) is 6.51. The van der Waals surface area contributed by atoms with Gasteiger partial charge in [-0.1, -0.05) is 26.8 Å². The van der Waals surface area contributed by atoms with Crippen LogP contribution in [0.5, 0.6) is 0 Å². The van der Waals surface area contributed by atoms with Crippen LogP contribution in [0.1, 0.15) is 38.1 Å². The van der Waals surface area contributed by atoms with Gasteiger partial charge in [0.25, 0.3) is 0 Å². The summed E-state index contributed by atoms with van der Waals surface area (Å²) in [5.74, 6) is -1.09. The van der Waals surface area contributed by atoms with Crippen molar-refractivity contribution >= 4 is 33.6 Å². The molecule has 20 heavy (non-hydrogen) atoms. The number of carbonyl (C=O) groups is 2. The van der Waals surface area contributed by atoms with E-state index in [1.165, 1.54) is 6.07 Å². The lowest BCUT2D eigenvalue weighted by Crippen LogP contribution is -2.43. The summed E-state index contributed by atoms with van der Waals surface area (Å²) in [5.41, 5.74) is 0.206. The maximum Gasteiger partial charge on any atom is 0.337 e. The molecule has 2 amide bonds. The van der Waals surface area contributed by atoms with Crippen molar-refractivity contribution in [3.05, 3.63) is 28.2 Å². The molecular weight excluding hydrogens is 324 g/mol. The van der Waals surface area contributed by atoms with E-state index >= 15 is 0 Å². The molecule has 0 aromatic heterocycles. The predicted molar refractivity (Wildman–Crippen MR) is 82.2 cm³/mol. The van der Waals surface area contributed by atoms with Crippen molar-refractivity contribution in [2.45, 2.75) is 33.7 Å². The summed E-state index contributed by atoms with van der Waals surface area (Å²) in [4.78, 5) is 23.1. The number of hydrogen-bond acceptors (Lipinski definition) is 2. The number of rotatable bonds is 3. The van der Waals surface area contributed by atoms with E-state index in [0.29, 0.717) is 4.47 Å². The minimum absolute atomic E-state index is 0.0398. The van der Waals surface area contributed by atoms with Crippen molar-refractivity contribution in [1.29, 1.82) is 0 Å². The Morgan fingerprint density at radius 1 is 1.30 bits per heavy atom. The second-order valence-electron chi connectivity index (χ2n) is 5.65. The molecule has 6 heteroatoms. The third kappa shape index (κ3) is 4.23. The van der Waals surface area contributed by atoms with Crippen LogP contribution in [0.2, 0.25) is 0 Å². The van der Waals surface area contributed by atoms with Crippen molar-refractivity contribution in [3.8, 4) is 0 Å². The maximum atomic E-state index is 12.0. The first-order valence-electron chi connectivity index (χ1n) is 6.22. The Balaban J connectivity index is 2.89. The summed E-state index contributed by atoms with van der Waals surface area (Å²) < 4.78 is 0.524. The Morgan fingerprint density at radius 3 is 2.40 bits per heavy atom. The fourth-order valence-electron chi connectivity index (χ4n) is 1.39. The molecule has 0 saturated heterocycles. The van der Waals surface area contributed by atoms with Crippen LogP contribution < -0.4 is 10.6 Å². The number of hydrogen-bond donors (Lipinski definition) is 3. The first-order valence-corrected chi connectivity index (χ1v) is 7.01. The molecule has 0 saturated carbocycles. The van der Waals surface area contributed by atoms with Crippen molar-refractivity contribution in [2.24, 2.45) is 5.41 Å². The Hall–Kier alpha value is -1.56. The summed E-state index contributed by atoms with van der Waals surface area (Å²) in [7, 11) is 0. The summed E-state index contributed by atoms with van der Waals surface area (Å²) in [6, 6.07) is 4.24. The van der Waals surface area contributed by atoms with Gasteiger partial charge in [0.15, 0.2) is 0 Å². The van der Waals surface area contributed by atoms with Gasteiger partial charge in [0.1, 0.15) is 0 Å². The van der Waals surface area contributed by atoms with Gasteiger partial charge in [-0.05, 0) is 40.4 Å². The summed E-state index contributed by atoms with van der Waals surface area (Å²) in [5, 5.41) is 14.5. The van der Waals surface area contributed by atoms with Gasteiger partial charge in [-0.15, -0.1) is 0 Å². The molecule has 3 N–H and O–H groups in total. The Labute approximate surface area is 126 Å². The molecule has 0 spiro atoms. The van der Waals surface area contributed by atoms with Crippen molar-refractivity contribution in [3.63, 3.8) is 0 Å². The van der Waals surface area contributed by atoms with Crippen LogP contribution in [0.25, 0.3) is 0 Å². The number of aromatic carboxylic acids is 1. The average Bonchev–Trinajstić information content (AvgIpc) is 2.30. The molecule has 0 aliphatic carbocycles. The lowest BCUT2D eigenvalue weighted by molar-refractivity contribution is 0.0698. The highest BCUT2D eigenvalue weighted by Crippen LogP contribution is 2.26. The fraction of sp³-hybridized carbons (Fsp3) is 0.429. The number of para-hydroxylation sites is 1. The number of nitrogens with one attached hydrogen (secondary N) is 2. The van der Waals surface area contributed by atoms with Gasteiger partial charge < -0.3 is 15.7 Å². The SMILES string of the molecule is CC(NC(=O)Nc1c(Br)cccc1C(=O)O)C(C)(C)C. The van der Waals surface area contributed by atoms with E-state index in [2.05, 4.69) is 26.6 Å². The molecular formula is C14H19BrN2O3. The quantitative estimate of drug-likeness (QED) is 0.783. The van der Waals surface area contributed by atoms with Crippen LogP contribution in [0.3, 0.4) is 0 Å². The van der Waals surface area contributed by atoms with E-state index in [0.717, 1.165) is 0 Å². The van der Waals surface area contributed by atoms with Gasteiger partial charge in [-0.25, -0.2) is 9.59 Å². The van der Waals surface area contributed by atoms with Crippen LogP contribution in [-0.2, 0) is 0 Å². The van der Waals surface area contributed by atoms with E-state index < -0.39 is 12.0 Å². The van der Waals surface area contributed by atoms with Gasteiger partial charge in [0.05, 0.1) is 11.3 Å². The van der Waals surface area contributed by atoms with Crippen LogP contribution in [0, 0.1) is 5.41 Å². The van der Waals surface area contributed by atoms with E-state index in [4.69, 9.17) is 5.11 Å². The maximum absolute atomic E-state index is 12.0. The van der Waals surface area contributed by atoms with Crippen LogP contribution >= 0.6 is 15.9 Å². The van der Waals surface area contributed by atoms with Crippen LogP contribution in [0.15, 0.2) is 22.7 Å². The molecule has 0 radical (unpaired) electrons. The van der Waals surface area contributed by atoms with Gasteiger partial charge >= 0.3 is 12.0 Å². The number of urea groups is 1. The zero-order valence-electron chi connectivity index (χ0n) is 12.0. The zero-order chi connectivity index (χ0) is 15.5. The van der Waals surface area contributed by atoms with Gasteiger partial charge in [-0.3, -0.25) is 0 Å². The fourth-order valence-corrected chi connectivity index (χ4v) is 1.86. The Bertz CT molecular complexity index is 524. The van der Waals surface area contributed by atoms with E-state index in [9.17, 15) is 9.59 Å². The number of carbonyl (C=O) groups excluding carboxylic acids is 1. The Morgan fingerprint density at radius 2 is 1.90 bits per heavy atom. The standard InChI is InChI=1S/C14H19BrN2O3/c1-8(14(2,3)4)16-13(20)17-11-9(12(18)19)6-5-7-10(11)15/h5-8H,1-4H3,(H,18,19)(H2,16,17,20). The minimum atomic E-state index is -1.09. The highest BCUT2D eigenvalue weighted by atomic mass is 79.9. The second kappa shape index (κ2) is 6.26. The molecule has 110 valence electrons. The van der Waals surface area contributed by atoms with E-state index in [1.807, 2.05) is 27.7 Å². The molecule has 0 fully saturated rings. The predicted octanol–water partition coefficient (Wildman–Crippen LogP) is 3.70. The highest BCUT2D eigenvalue weighted by Gasteiger charge is 2.22. The highest BCUT2D eigenvalue weighted by molar-refractivity contribution is 9.10. The molecule has 0 aliphatic heterocycles. The third-order valence-corrected chi connectivity index (χ3v) is 3.79. The topological polar surface area (TPSA) is 78.4 Å². The molecule has 1 atom stereocenters. The average molecular weight is 343 g/mol. The molecule has 1 aromatic rings. The number of carboxylic acid groups (broad SMARTS) is 1. The normalized spacial score (nSPS) is 12.7. The first kappa shape index (κ1) is 16.5. The minimum Gasteiger partial charge on any atom is -0.478 e. The van der Waals surface area contributed by atoms with E-state index in [-0.39, 0.29) is 22.7 Å². The summed E-state index contributed by atoms with van der Waals surface area (Å²) in [6.07, 6.45) is 0. The molecule has 1 rings (SSSR count). The number of anilines is 1. The molecule has 0 bridgehead atoms. The number of benzene rings is 1. The molecule has 1 aromatic carbocycles. The first-order chi connectivity index (χ1) is 9.12. The van der Waals surface area contributed by atoms with E-state index in [1.54, 1.807) is 12.1 Å². The monoisotopic (exact) mass is 342 g/mol. The van der Waals surface area contributed by atoms with Gasteiger partial charge in [0, 0.05) is 10.5 Å². The summed E-state index contributed by atoms with van der Waals surface area (Å²) in [6.45, 7) is 7.94. The van der Waals surface area contributed by atoms with Gasteiger partial charge in [0.2, 0.25) is 0 Å².